The molecule has 6 heteroatoms. The first-order valence-corrected chi connectivity index (χ1v) is 7.24. The Morgan fingerprint density at radius 3 is 2.94 bits per heavy atom. The molecule has 1 rings (SSSR count). The highest BCUT2D eigenvalue weighted by Crippen LogP contribution is 2.12. The fourth-order valence-electron chi connectivity index (χ4n) is 1.25. The maximum Gasteiger partial charge on any atom is 0.254 e. The molecule has 16 heavy (non-hydrogen) atoms. The summed E-state index contributed by atoms with van der Waals surface area (Å²) in [6, 6.07) is 3.26. The summed E-state index contributed by atoms with van der Waals surface area (Å²) in [6.45, 7) is 1.82. The Balaban J connectivity index is 2.66. The highest BCUT2D eigenvalue weighted by Gasteiger charge is 2.13. The van der Waals surface area contributed by atoms with E-state index in [4.69, 9.17) is 0 Å². The van der Waals surface area contributed by atoms with Crippen LogP contribution in [0.25, 0.3) is 0 Å². The number of carbonyl (C=O) groups excluding carboxylic acids is 1. The van der Waals surface area contributed by atoms with Crippen LogP contribution in [-0.4, -0.2) is 33.2 Å². The predicted molar refractivity (Wildman–Crippen MR) is 67.8 cm³/mol. The van der Waals surface area contributed by atoms with E-state index in [1.165, 1.54) is 0 Å². The molecule has 0 spiro atoms. The van der Waals surface area contributed by atoms with Crippen LogP contribution < -0.4 is 5.32 Å². The minimum Gasteiger partial charge on any atom is -0.349 e. The summed E-state index contributed by atoms with van der Waals surface area (Å²) in [7, 11) is -0.916. The van der Waals surface area contributed by atoms with E-state index in [-0.39, 0.29) is 11.9 Å². The van der Waals surface area contributed by atoms with Crippen molar-refractivity contribution in [2.45, 2.75) is 13.0 Å². The summed E-state index contributed by atoms with van der Waals surface area (Å²) in [4.78, 5) is 15.7. The number of nitrogens with zero attached hydrogens (tertiary/aromatic N) is 1. The van der Waals surface area contributed by atoms with Gasteiger partial charge in [0.1, 0.15) is 4.60 Å². The zero-order chi connectivity index (χ0) is 12.1. The van der Waals surface area contributed by atoms with Gasteiger partial charge in [-0.15, -0.1) is 0 Å². The Bertz CT molecular complexity index is 412. The van der Waals surface area contributed by atoms with E-state index >= 15 is 0 Å². The lowest BCUT2D eigenvalue weighted by atomic mass is 10.2. The van der Waals surface area contributed by atoms with Gasteiger partial charge in [0.15, 0.2) is 0 Å². The second-order valence-corrected chi connectivity index (χ2v) is 5.69. The van der Waals surface area contributed by atoms with Crippen LogP contribution in [0.15, 0.2) is 22.9 Å². The van der Waals surface area contributed by atoms with E-state index in [9.17, 15) is 9.00 Å². The molecule has 0 aliphatic rings. The summed E-state index contributed by atoms with van der Waals surface area (Å²) in [5.41, 5.74) is 0.483. The molecule has 0 saturated carbocycles. The van der Waals surface area contributed by atoms with Crippen molar-refractivity contribution in [2.75, 3.05) is 12.0 Å². The van der Waals surface area contributed by atoms with E-state index < -0.39 is 10.8 Å². The number of amides is 1. The molecule has 88 valence electrons. The molecule has 0 fully saturated rings. The molecule has 2 atom stereocenters. The number of nitrogens with one attached hydrogen (secondary N) is 1. The van der Waals surface area contributed by atoms with Gasteiger partial charge in [-0.1, -0.05) is 0 Å². The van der Waals surface area contributed by atoms with E-state index in [0.717, 1.165) is 0 Å². The normalized spacial score (nSPS) is 14.2. The van der Waals surface area contributed by atoms with Gasteiger partial charge in [-0.05, 0) is 35.0 Å². The van der Waals surface area contributed by atoms with Gasteiger partial charge in [0.05, 0.1) is 5.56 Å². The summed E-state index contributed by atoms with van der Waals surface area (Å²) in [5.74, 6) is 0.238. The van der Waals surface area contributed by atoms with Crippen LogP contribution in [0.5, 0.6) is 0 Å². The number of hydrogen-bond donors (Lipinski definition) is 1. The zero-order valence-corrected chi connectivity index (χ0v) is 11.5. The number of halogens is 1. The smallest absolute Gasteiger partial charge is 0.254 e. The van der Waals surface area contributed by atoms with Gasteiger partial charge in [-0.3, -0.25) is 9.00 Å². The molecule has 1 aromatic rings. The average molecular weight is 305 g/mol. The first kappa shape index (κ1) is 13.3. The second-order valence-electron chi connectivity index (χ2n) is 3.46. The van der Waals surface area contributed by atoms with Crippen LogP contribution in [0.4, 0.5) is 0 Å². The summed E-state index contributed by atoms with van der Waals surface area (Å²) in [5, 5.41) is 2.77. The van der Waals surface area contributed by atoms with Crippen molar-refractivity contribution in [1.29, 1.82) is 0 Å². The topological polar surface area (TPSA) is 59.1 Å². The first-order chi connectivity index (χ1) is 7.50. The summed E-state index contributed by atoms with van der Waals surface area (Å²) >= 11 is 3.21. The van der Waals surface area contributed by atoms with E-state index in [1.807, 2.05) is 6.92 Å². The van der Waals surface area contributed by atoms with Gasteiger partial charge in [0.2, 0.25) is 0 Å². The SMILES string of the molecule is CC(CS(C)=O)NC(=O)c1cccnc1Br. The molecular formula is C10H13BrN2O2S. The molecule has 0 bridgehead atoms. The second kappa shape index (κ2) is 6.10. The predicted octanol–water partition coefficient (Wildman–Crippen LogP) is 1.34. The van der Waals surface area contributed by atoms with Crippen LogP contribution in [-0.2, 0) is 10.8 Å². The van der Waals surface area contributed by atoms with Gasteiger partial charge in [0.25, 0.3) is 5.91 Å². The molecule has 2 unspecified atom stereocenters. The van der Waals surface area contributed by atoms with E-state index in [2.05, 4.69) is 26.2 Å². The third kappa shape index (κ3) is 4.02. The Morgan fingerprint density at radius 2 is 2.38 bits per heavy atom. The van der Waals surface area contributed by atoms with Crippen molar-refractivity contribution in [3.8, 4) is 0 Å². The molecule has 0 aliphatic carbocycles. The van der Waals surface area contributed by atoms with Crippen LogP contribution in [0.3, 0.4) is 0 Å². The molecule has 1 heterocycles. The Kier molecular flexibility index (Phi) is 5.08. The minimum absolute atomic E-state index is 0.120. The Labute approximate surface area is 105 Å². The Morgan fingerprint density at radius 1 is 1.69 bits per heavy atom. The summed E-state index contributed by atoms with van der Waals surface area (Å²) < 4.78 is 11.5. The van der Waals surface area contributed by atoms with Crippen molar-refractivity contribution in [1.82, 2.24) is 10.3 Å². The van der Waals surface area contributed by atoms with Gasteiger partial charge in [0, 0.05) is 35.0 Å². The molecular weight excluding hydrogens is 292 g/mol. The highest BCUT2D eigenvalue weighted by atomic mass is 79.9. The molecule has 0 saturated heterocycles. The van der Waals surface area contributed by atoms with Crippen molar-refractivity contribution in [3.63, 3.8) is 0 Å². The fourth-order valence-corrected chi connectivity index (χ4v) is 2.47. The van der Waals surface area contributed by atoms with Crippen LogP contribution in [0.1, 0.15) is 17.3 Å². The largest absolute Gasteiger partial charge is 0.349 e. The van der Waals surface area contributed by atoms with Gasteiger partial charge >= 0.3 is 0 Å². The lowest BCUT2D eigenvalue weighted by molar-refractivity contribution is 0.0942. The fraction of sp³-hybridized carbons (Fsp3) is 0.400. The van der Waals surface area contributed by atoms with Crippen LogP contribution in [0.2, 0.25) is 0 Å². The lowest BCUT2D eigenvalue weighted by Gasteiger charge is -2.12. The summed E-state index contributed by atoms with van der Waals surface area (Å²) in [6.07, 6.45) is 3.22. The third-order valence-corrected chi connectivity index (χ3v) is 3.47. The quantitative estimate of drug-likeness (QED) is 0.854. The van der Waals surface area contributed by atoms with Crippen LogP contribution >= 0.6 is 15.9 Å². The van der Waals surface area contributed by atoms with Gasteiger partial charge in [-0.25, -0.2) is 4.98 Å². The van der Waals surface area contributed by atoms with Crippen molar-refractivity contribution < 1.29 is 9.00 Å². The monoisotopic (exact) mass is 304 g/mol. The molecule has 1 N–H and O–H groups in total. The lowest BCUT2D eigenvalue weighted by Crippen LogP contribution is -2.36. The maximum absolute atomic E-state index is 11.8. The third-order valence-electron chi connectivity index (χ3n) is 1.87. The molecule has 1 amide bonds. The van der Waals surface area contributed by atoms with E-state index in [0.29, 0.717) is 15.9 Å². The molecule has 1 aromatic heterocycles. The first-order valence-electron chi connectivity index (χ1n) is 4.72. The maximum atomic E-state index is 11.8. The standard InChI is InChI=1S/C10H13BrN2O2S/c1-7(6-16(2)15)13-10(14)8-4-3-5-12-9(8)11/h3-5,7H,6H2,1-2H3,(H,13,14). The number of carbonyl (C=O) groups is 1. The van der Waals surface area contributed by atoms with Crippen molar-refractivity contribution in [2.24, 2.45) is 0 Å². The van der Waals surface area contributed by atoms with Gasteiger partial charge < -0.3 is 5.32 Å². The van der Waals surface area contributed by atoms with Crippen LogP contribution in [0, 0.1) is 0 Å². The zero-order valence-electron chi connectivity index (χ0n) is 9.07. The number of aromatic nitrogens is 1. The van der Waals surface area contributed by atoms with Gasteiger partial charge in [-0.2, -0.15) is 0 Å². The highest BCUT2D eigenvalue weighted by molar-refractivity contribution is 9.10. The minimum atomic E-state index is -0.916. The molecule has 0 aromatic carbocycles. The molecule has 0 radical (unpaired) electrons. The molecule has 0 aliphatic heterocycles. The number of hydrogen-bond acceptors (Lipinski definition) is 3. The Hall–Kier alpha value is -0.750. The van der Waals surface area contributed by atoms with Crippen molar-refractivity contribution >= 4 is 32.6 Å². The average Bonchev–Trinajstić information content (AvgIpc) is 2.16. The molecule has 4 nitrogen and oxygen atoms in total. The number of rotatable bonds is 4. The van der Waals surface area contributed by atoms with Crippen molar-refractivity contribution in [3.05, 3.63) is 28.5 Å². The number of pyridine rings is 1. The van der Waals surface area contributed by atoms with E-state index in [1.54, 1.807) is 24.6 Å².